The van der Waals surface area contributed by atoms with Gasteiger partial charge in [-0.05, 0) is 48.5 Å². The van der Waals surface area contributed by atoms with Crippen molar-refractivity contribution in [3.05, 3.63) is 59.1 Å². The van der Waals surface area contributed by atoms with Gasteiger partial charge in [-0.1, -0.05) is 11.6 Å². The first kappa shape index (κ1) is 17.7. The van der Waals surface area contributed by atoms with Gasteiger partial charge in [0.2, 0.25) is 0 Å². The van der Waals surface area contributed by atoms with Crippen LogP contribution in [-0.2, 0) is 4.74 Å². The minimum atomic E-state index is -0.148. The van der Waals surface area contributed by atoms with E-state index in [1.807, 2.05) is 24.3 Å². The Morgan fingerprint density at radius 2 is 1.64 bits per heavy atom. The van der Waals surface area contributed by atoms with Gasteiger partial charge in [-0.3, -0.25) is 9.69 Å². The molecule has 2 N–H and O–H groups in total. The molecule has 1 aliphatic rings. The molecule has 2 aromatic carbocycles. The molecule has 5 nitrogen and oxygen atoms in total. The molecular formula is C19H22ClN3O2. The second-order valence-corrected chi connectivity index (χ2v) is 6.36. The second-order valence-electron chi connectivity index (χ2n) is 5.92. The van der Waals surface area contributed by atoms with Crippen molar-refractivity contribution in [3.8, 4) is 0 Å². The molecule has 0 aliphatic carbocycles. The van der Waals surface area contributed by atoms with Gasteiger partial charge < -0.3 is 15.4 Å². The van der Waals surface area contributed by atoms with Gasteiger partial charge in [0, 0.05) is 48.1 Å². The lowest BCUT2D eigenvalue weighted by Crippen LogP contribution is -2.38. The summed E-state index contributed by atoms with van der Waals surface area (Å²) in [6.45, 7) is 5.52. The van der Waals surface area contributed by atoms with Crippen molar-refractivity contribution < 1.29 is 9.53 Å². The Bertz CT molecular complexity index is 683. The highest BCUT2D eigenvalue weighted by Gasteiger charge is 2.09. The number of nitrogens with zero attached hydrogens (tertiary/aromatic N) is 1. The maximum Gasteiger partial charge on any atom is 0.255 e. The normalized spacial score (nSPS) is 14.9. The van der Waals surface area contributed by atoms with Gasteiger partial charge >= 0.3 is 0 Å². The lowest BCUT2D eigenvalue weighted by Gasteiger charge is -2.26. The number of ether oxygens (including phenoxy) is 1. The molecule has 6 heteroatoms. The lowest BCUT2D eigenvalue weighted by molar-refractivity contribution is 0.0398. The van der Waals surface area contributed by atoms with Crippen molar-refractivity contribution in [2.75, 3.05) is 50.0 Å². The Morgan fingerprint density at radius 1 is 1.00 bits per heavy atom. The van der Waals surface area contributed by atoms with Crippen LogP contribution >= 0.6 is 11.6 Å². The summed E-state index contributed by atoms with van der Waals surface area (Å²) in [5, 5.41) is 6.90. The zero-order valence-corrected chi connectivity index (χ0v) is 14.8. The summed E-state index contributed by atoms with van der Waals surface area (Å²) in [6, 6.07) is 14.6. The summed E-state index contributed by atoms with van der Waals surface area (Å²) in [5.41, 5.74) is 2.38. The molecule has 0 unspecified atom stereocenters. The SMILES string of the molecule is O=C(Nc1ccc(NCCN2CCOCC2)cc1)c1ccc(Cl)cc1. The van der Waals surface area contributed by atoms with Crippen molar-refractivity contribution >= 4 is 28.9 Å². The molecule has 0 radical (unpaired) electrons. The van der Waals surface area contributed by atoms with Crippen LogP contribution in [0, 0.1) is 0 Å². The summed E-state index contributed by atoms with van der Waals surface area (Å²) in [7, 11) is 0. The van der Waals surface area contributed by atoms with E-state index in [9.17, 15) is 4.79 Å². The molecule has 1 heterocycles. The summed E-state index contributed by atoms with van der Waals surface area (Å²) < 4.78 is 5.34. The number of amides is 1. The largest absolute Gasteiger partial charge is 0.384 e. The minimum Gasteiger partial charge on any atom is -0.384 e. The topological polar surface area (TPSA) is 53.6 Å². The van der Waals surface area contributed by atoms with Gasteiger partial charge in [0.15, 0.2) is 0 Å². The number of rotatable bonds is 6. The molecular weight excluding hydrogens is 338 g/mol. The van der Waals surface area contributed by atoms with Crippen LogP contribution in [0.2, 0.25) is 5.02 Å². The zero-order chi connectivity index (χ0) is 17.5. The smallest absolute Gasteiger partial charge is 0.255 e. The molecule has 132 valence electrons. The fraction of sp³-hybridized carbons (Fsp3) is 0.316. The number of anilines is 2. The van der Waals surface area contributed by atoms with Crippen LogP contribution < -0.4 is 10.6 Å². The number of halogens is 1. The molecule has 0 atom stereocenters. The van der Waals surface area contributed by atoms with E-state index >= 15 is 0 Å². The molecule has 0 saturated carbocycles. The van der Waals surface area contributed by atoms with Gasteiger partial charge in [0.05, 0.1) is 13.2 Å². The van der Waals surface area contributed by atoms with Gasteiger partial charge in [-0.2, -0.15) is 0 Å². The summed E-state index contributed by atoms with van der Waals surface area (Å²) in [6.07, 6.45) is 0. The average Bonchev–Trinajstić information content (AvgIpc) is 2.64. The molecule has 0 aromatic heterocycles. The summed E-state index contributed by atoms with van der Waals surface area (Å²) in [5.74, 6) is -0.148. The monoisotopic (exact) mass is 359 g/mol. The lowest BCUT2D eigenvalue weighted by atomic mass is 10.2. The number of nitrogens with one attached hydrogen (secondary N) is 2. The van der Waals surface area contributed by atoms with E-state index in [4.69, 9.17) is 16.3 Å². The first-order chi connectivity index (χ1) is 12.2. The Kier molecular flexibility index (Phi) is 6.28. The van der Waals surface area contributed by atoms with Crippen molar-refractivity contribution in [2.24, 2.45) is 0 Å². The quantitative estimate of drug-likeness (QED) is 0.830. The van der Waals surface area contributed by atoms with Crippen molar-refractivity contribution in [3.63, 3.8) is 0 Å². The molecule has 0 bridgehead atoms. The van der Waals surface area contributed by atoms with E-state index in [1.165, 1.54) is 0 Å². The summed E-state index contributed by atoms with van der Waals surface area (Å²) in [4.78, 5) is 14.6. The molecule has 1 aliphatic heterocycles. The maximum atomic E-state index is 12.2. The van der Waals surface area contributed by atoms with E-state index in [2.05, 4.69) is 15.5 Å². The number of hydrogen-bond donors (Lipinski definition) is 2. The molecule has 25 heavy (non-hydrogen) atoms. The fourth-order valence-corrected chi connectivity index (χ4v) is 2.79. The minimum absolute atomic E-state index is 0.148. The third-order valence-corrected chi connectivity index (χ3v) is 4.36. The van der Waals surface area contributed by atoms with Gasteiger partial charge in [0.1, 0.15) is 0 Å². The van der Waals surface area contributed by atoms with Crippen molar-refractivity contribution in [1.82, 2.24) is 4.90 Å². The molecule has 0 spiro atoms. The van der Waals surface area contributed by atoms with Crippen LogP contribution in [-0.4, -0.2) is 50.2 Å². The van der Waals surface area contributed by atoms with Crippen LogP contribution in [0.1, 0.15) is 10.4 Å². The van der Waals surface area contributed by atoms with Crippen molar-refractivity contribution in [1.29, 1.82) is 0 Å². The van der Waals surface area contributed by atoms with Crippen LogP contribution in [0.15, 0.2) is 48.5 Å². The van der Waals surface area contributed by atoms with E-state index in [0.29, 0.717) is 10.6 Å². The first-order valence-corrected chi connectivity index (χ1v) is 8.79. The first-order valence-electron chi connectivity index (χ1n) is 8.42. The highest BCUT2D eigenvalue weighted by molar-refractivity contribution is 6.30. The second kappa shape index (κ2) is 8.85. The molecule has 3 rings (SSSR count). The molecule has 1 fully saturated rings. The van der Waals surface area contributed by atoms with Gasteiger partial charge in [-0.25, -0.2) is 0 Å². The molecule has 2 aromatic rings. The van der Waals surface area contributed by atoms with Crippen LogP contribution in [0.25, 0.3) is 0 Å². The number of carbonyl (C=O) groups excluding carboxylic acids is 1. The molecule has 1 amide bonds. The number of hydrogen-bond acceptors (Lipinski definition) is 4. The van der Waals surface area contributed by atoms with Crippen LogP contribution in [0.3, 0.4) is 0 Å². The Balaban J connectivity index is 1.46. The van der Waals surface area contributed by atoms with E-state index in [0.717, 1.165) is 50.8 Å². The summed E-state index contributed by atoms with van der Waals surface area (Å²) >= 11 is 5.84. The fourth-order valence-electron chi connectivity index (χ4n) is 2.66. The third kappa shape index (κ3) is 5.46. The predicted molar refractivity (Wildman–Crippen MR) is 102 cm³/mol. The predicted octanol–water partition coefficient (Wildman–Crippen LogP) is 3.34. The number of benzene rings is 2. The number of morpholine rings is 1. The standard InChI is InChI=1S/C19H22ClN3O2/c20-16-3-1-15(2-4-16)19(24)22-18-7-5-17(6-8-18)21-9-10-23-11-13-25-14-12-23/h1-8,21H,9-14H2,(H,22,24). The Labute approximate surface area is 152 Å². The highest BCUT2D eigenvalue weighted by atomic mass is 35.5. The maximum absolute atomic E-state index is 12.2. The highest BCUT2D eigenvalue weighted by Crippen LogP contribution is 2.15. The van der Waals surface area contributed by atoms with E-state index in [-0.39, 0.29) is 5.91 Å². The van der Waals surface area contributed by atoms with Crippen LogP contribution in [0.4, 0.5) is 11.4 Å². The van der Waals surface area contributed by atoms with Gasteiger partial charge in [-0.15, -0.1) is 0 Å². The number of carbonyl (C=O) groups is 1. The Hall–Kier alpha value is -2.08. The van der Waals surface area contributed by atoms with Crippen molar-refractivity contribution in [2.45, 2.75) is 0 Å². The van der Waals surface area contributed by atoms with Crippen LogP contribution in [0.5, 0.6) is 0 Å². The Morgan fingerprint density at radius 3 is 2.32 bits per heavy atom. The van der Waals surface area contributed by atoms with Gasteiger partial charge in [0.25, 0.3) is 5.91 Å². The zero-order valence-electron chi connectivity index (χ0n) is 14.0. The van der Waals surface area contributed by atoms with E-state index < -0.39 is 0 Å². The molecule has 1 saturated heterocycles. The average molecular weight is 360 g/mol. The third-order valence-electron chi connectivity index (χ3n) is 4.11. The van der Waals surface area contributed by atoms with E-state index in [1.54, 1.807) is 24.3 Å².